The highest BCUT2D eigenvalue weighted by molar-refractivity contribution is 5.76. The van der Waals surface area contributed by atoms with E-state index in [2.05, 4.69) is 9.84 Å². The standard InChI is InChI=1S/C10H16N4O4/c1-5-7-9(14(16)17)10(13(3)11-7)12(2)6-8(15)18-4/h5-6H2,1-4H3. The maximum Gasteiger partial charge on any atom is 0.334 e. The van der Waals surface area contributed by atoms with Crippen LogP contribution in [0.15, 0.2) is 0 Å². The van der Waals surface area contributed by atoms with Gasteiger partial charge in [0.05, 0.1) is 12.0 Å². The number of hydrogen-bond acceptors (Lipinski definition) is 6. The van der Waals surface area contributed by atoms with Crippen LogP contribution in [0.5, 0.6) is 0 Å². The summed E-state index contributed by atoms with van der Waals surface area (Å²) in [5.74, 6) is -0.173. The van der Waals surface area contributed by atoms with Crippen molar-refractivity contribution in [2.75, 3.05) is 25.6 Å². The predicted octanol–water partition coefficient (Wildman–Crippen LogP) is 0.500. The number of likely N-dealkylation sites (N-methyl/N-ethyl adjacent to an activating group) is 1. The summed E-state index contributed by atoms with van der Waals surface area (Å²) in [6, 6.07) is 0. The van der Waals surface area contributed by atoms with Crippen LogP contribution in [0.1, 0.15) is 12.6 Å². The minimum atomic E-state index is -0.477. The van der Waals surface area contributed by atoms with Crippen LogP contribution in [0.3, 0.4) is 0 Å². The minimum Gasteiger partial charge on any atom is -0.468 e. The van der Waals surface area contributed by atoms with Crippen molar-refractivity contribution < 1.29 is 14.5 Å². The summed E-state index contributed by atoms with van der Waals surface area (Å²) in [5.41, 5.74) is 0.334. The van der Waals surface area contributed by atoms with Gasteiger partial charge in [0.25, 0.3) is 0 Å². The number of nitrogens with zero attached hydrogens (tertiary/aromatic N) is 4. The molecule has 0 aromatic carbocycles. The van der Waals surface area contributed by atoms with Crippen molar-refractivity contribution in [3.63, 3.8) is 0 Å². The van der Waals surface area contributed by atoms with E-state index in [1.165, 1.54) is 16.7 Å². The normalized spacial score (nSPS) is 10.2. The van der Waals surface area contributed by atoms with Crippen molar-refractivity contribution in [3.05, 3.63) is 15.8 Å². The van der Waals surface area contributed by atoms with Crippen molar-refractivity contribution >= 4 is 17.5 Å². The number of rotatable bonds is 5. The average Bonchev–Trinajstić information content (AvgIpc) is 2.65. The molecule has 1 heterocycles. The number of hydrogen-bond donors (Lipinski definition) is 0. The monoisotopic (exact) mass is 256 g/mol. The highest BCUT2D eigenvalue weighted by atomic mass is 16.6. The molecule has 0 radical (unpaired) electrons. The van der Waals surface area contributed by atoms with Gasteiger partial charge in [0.15, 0.2) is 0 Å². The Morgan fingerprint density at radius 1 is 1.61 bits per heavy atom. The Balaban J connectivity index is 3.18. The highest BCUT2D eigenvalue weighted by Crippen LogP contribution is 2.30. The number of nitro groups is 1. The molecule has 0 spiro atoms. The molecule has 1 aromatic rings. The van der Waals surface area contributed by atoms with Gasteiger partial charge in [-0.3, -0.25) is 14.9 Å². The van der Waals surface area contributed by atoms with E-state index in [-0.39, 0.29) is 12.2 Å². The summed E-state index contributed by atoms with van der Waals surface area (Å²) in [5, 5.41) is 15.2. The zero-order chi connectivity index (χ0) is 13.9. The molecule has 0 aliphatic heterocycles. The first-order valence-electron chi connectivity index (χ1n) is 5.40. The third-order valence-electron chi connectivity index (χ3n) is 2.54. The van der Waals surface area contributed by atoms with Crippen LogP contribution < -0.4 is 4.90 Å². The third-order valence-corrected chi connectivity index (χ3v) is 2.54. The van der Waals surface area contributed by atoms with Gasteiger partial charge in [0.2, 0.25) is 5.82 Å². The fraction of sp³-hybridized carbons (Fsp3) is 0.600. The number of anilines is 1. The van der Waals surface area contributed by atoms with Gasteiger partial charge in [-0.2, -0.15) is 5.10 Å². The van der Waals surface area contributed by atoms with Crippen LogP contribution in [-0.4, -0.2) is 41.4 Å². The van der Waals surface area contributed by atoms with Crippen molar-refractivity contribution in [2.24, 2.45) is 7.05 Å². The molecule has 0 aliphatic rings. The van der Waals surface area contributed by atoms with Gasteiger partial charge in [-0.25, -0.2) is 4.68 Å². The SMILES string of the molecule is CCc1nn(C)c(N(C)CC(=O)OC)c1[N+](=O)[O-]. The number of esters is 1. The molecule has 1 aromatic heterocycles. The van der Waals surface area contributed by atoms with E-state index < -0.39 is 10.9 Å². The van der Waals surface area contributed by atoms with Crippen molar-refractivity contribution in [1.29, 1.82) is 0 Å². The molecule has 0 bridgehead atoms. The molecule has 0 saturated carbocycles. The van der Waals surface area contributed by atoms with Gasteiger partial charge in [-0.05, 0) is 6.42 Å². The molecule has 0 amide bonds. The molecule has 0 saturated heterocycles. The summed E-state index contributed by atoms with van der Waals surface area (Å²) < 4.78 is 5.94. The van der Waals surface area contributed by atoms with E-state index in [0.29, 0.717) is 17.9 Å². The molecule has 0 unspecified atom stereocenters. The fourth-order valence-corrected chi connectivity index (χ4v) is 1.74. The molecular weight excluding hydrogens is 240 g/mol. The number of aryl methyl sites for hydroxylation is 2. The summed E-state index contributed by atoms with van der Waals surface area (Å²) in [4.78, 5) is 23.3. The lowest BCUT2D eigenvalue weighted by Crippen LogP contribution is -2.28. The number of carbonyl (C=O) groups excluding carboxylic acids is 1. The molecule has 8 nitrogen and oxygen atoms in total. The molecule has 0 aliphatic carbocycles. The van der Waals surface area contributed by atoms with E-state index in [9.17, 15) is 14.9 Å². The Labute approximate surface area is 104 Å². The van der Waals surface area contributed by atoms with Crippen LogP contribution in [0.25, 0.3) is 0 Å². The molecule has 18 heavy (non-hydrogen) atoms. The second-order valence-corrected chi connectivity index (χ2v) is 3.79. The van der Waals surface area contributed by atoms with Crippen molar-refractivity contribution in [3.8, 4) is 0 Å². The van der Waals surface area contributed by atoms with Gasteiger partial charge in [-0.1, -0.05) is 6.92 Å². The quantitative estimate of drug-likeness (QED) is 0.433. The van der Waals surface area contributed by atoms with E-state index in [1.807, 2.05) is 0 Å². The number of methoxy groups -OCH3 is 1. The zero-order valence-electron chi connectivity index (χ0n) is 10.8. The number of aromatic nitrogens is 2. The van der Waals surface area contributed by atoms with Gasteiger partial charge in [-0.15, -0.1) is 0 Å². The van der Waals surface area contributed by atoms with E-state index in [1.54, 1.807) is 21.0 Å². The number of carbonyl (C=O) groups is 1. The largest absolute Gasteiger partial charge is 0.468 e. The summed E-state index contributed by atoms with van der Waals surface area (Å²) in [7, 11) is 4.46. The van der Waals surface area contributed by atoms with E-state index >= 15 is 0 Å². The average molecular weight is 256 g/mol. The first kappa shape index (κ1) is 13.9. The van der Waals surface area contributed by atoms with Crippen LogP contribution in [0.2, 0.25) is 0 Å². The molecular formula is C10H16N4O4. The molecule has 0 atom stereocenters. The van der Waals surface area contributed by atoms with Gasteiger partial charge >= 0.3 is 11.7 Å². The lowest BCUT2D eigenvalue weighted by atomic mass is 10.3. The molecule has 1 rings (SSSR count). The Hall–Kier alpha value is -2.12. The maximum atomic E-state index is 11.2. The molecule has 0 fully saturated rings. The van der Waals surface area contributed by atoms with E-state index in [0.717, 1.165) is 0 Å². The summed E-state index contributed by atoms with van der Waals surface area (Å²) >= 11 is 0. The summed E-state index contributed by atoms with van der Waals surface area (Å²) in [6.07, 6.45) is 0.455. The highest BCUT2D eigenvalue weighted by Gasteiger charge is 2.28. The van der Waals surface area contributed by atoms with Gasteiger partial charge < -0.3 is 9.64 Å². The Morgan fingerprint density at radius 2 is 2.22 bits per heavy atom. The maximum absolute atomic E-state index is 11.2. The fourth-order valence-electron chi connectivity index (χ4n) is 1.74. The third kappa shape index (κ3) is 2.58. The lowest BCUT2D eigenvalue weighted by molar-refractivity contribution is -0.384. The minimum absolute atomic E-state index is 0.0635. The van der Waals surface area contributed by atoms with Crippen molar-refractivity contribution in [2.45, 2.75) is 13.3 Å². The van der Waals surface area contributed by atoms with Crippen LogP contribution in [0.4, 0.5) is 11.5 Å². The second kappa shape index (κ2) is 5.48. The lowest BCUT2D eigenvalue weighted by Gasteiger charge is -2.16. The smallest absolute Gasteiger partial charge is 0.334 e. The first-order valence-corrected chi connectivity index (χ1v) is 5.40. The van der Waals surface area contributed by atoms with Gasteiger partial charge in [0.1, 0.15) is 12.2 Å². The van der Waals surface area contributed by atoms with Gasteiger partial charge in [0, 0.05) is 14.1 Å². The summed E-state index contributed by atoms with van der Waals surface area (Å²) in [6.45, 7) is 1.72. The zero-order valence-corrected chi connectivity index (χ0v) is 10.8. The predicted molar refractivity (Wildman–Crippen MR) is 64.5 cm³/mol. The first-order chi connectivity index (χ1) is 8.42. The molecule has 100 valence electrons. The van der Waals surface area contributed by atoms with Crippen LogP contribution >= 0.6 is 0 Å². The molecule has 8 heteroatoms. The topological polar surface area (TPSA) is 90.5 Å². The van der Waals surface area contributed by atoms with Crippen LogP contribution in [-0.2, 0) is 23.0 Å². The Morgan fingerprint density at radius 3 is 2.67 bits per heavy atom. The number of ether oxygens (including phenoxy) is 1. The van der Waals surface area contributed by atoms with E-state index in [4.69, 9.17) is 0 Å². The van der Waals surface area contributed by atoms with Crippen molar-refractivity contribution in [1.82, 2.24) is 9.78 Å². The second-order valence-electron chi connectivity index (χ2n) is 3.79. The Bertz CT molecular complexity index is 469. The molecule has 0 N–H and O–H groups in total. The Kier molecular flexibility index (Phi) is 4.24. The van der Waals surface area contributed by atoms with Crippen LogP contribution in [0, 0.1) is 10.1 Å².